The topological polar surface area (TPSA) is 133 Å². The van der Waals surface area contributed by atoms with Crippen molar-refractivity contribution in [2.24, 2.45) is 5.41 Å². The highest BCUT2D eigenvalue weighted by Crippen LogP contribution is 2.23. The minimum absolute atomic E-state index is 0.0776. The van der Waals surface area contributed by atoms with E-state index in [0.29, 0.717) is 0 Å². The molecule has 4 N–H and O–H groups in total. The molecule has 0 radical (unpaired) electrons. The minimum atomic E-state index is -1.16. The van der Waals surface area contributed by atoms with Gasteiger partial charge in [0, 0.05) is 23.8 Å². The summed E-state index contributed by atoms with van der Waals surface area (Å²) in [5.41, 5.74) is -0.703. The van der Waals surface area contributed by atoms with Gasteiger partial charge in [0.2, 0.25) is 11.8 Å². The maximum absolute atomic E-state index is 11.8. The van der Waals surface area contributed by atoms with E-state index >= 15 is 0 Å². The summed E-state index contributed by atoms with van der Waals surface area (Å²) in [4.78, 5) is 44.8. The third-order valence-electron chi connectivity index (χ3n) is 2.51. The van der Waals surface area contributed by atoms with Gasteiger partial charge in [-0.3, -0.25) is 9.59 Å². The molecule has 0 fully saturated rings. The third kappa shape index (κ3) is 9.34. The van der Waals surface area contributed by atoms with Gasteiger partial charge >= 0.3 is 11.9 Å². The highest BCUT2D eigenvalue weighted by molar-refractivity contribution is 8.76. The van der Waals surface area contributed by atoms with Gasteiger partial charge in [-0.05, 0) is 0 Å². The summed E-state index contributed by atoms with van der Waals surface area (Å²) in [7, 11) is 2.24. The molecule has 10 heteroatoms. The molecule has 0 aromatic rings. The summed E-state index contributed by atoms with van der Waals surface area (Å²) < 4.78 is 0. The van der Waals surface area contributed by atoms with Gasteiger partial charge in [-0.15, -0.1) is 0 Å². The van der Waals surface area contributed by atoms with Crippen molar-refractivity contribution >= 4 is 45.3 Å². The van der Waals surface area contributed by atoms with Crippen LogP contribution in [0.1, 0.15) is 27.7 Å². The first-order chi connectivity index (χ1) is 10.4. The average molecular weight is 366 g/mol. The zero-order chi connectivity index (χ0) is 18.2. The predicted molar refractivity (Wildman–Crippen MR) is 89.2 cm³/mol. The molecule has 0 bridgehead atoms. The summed E-state index contributed by atoms with van der Waals surface area (Å²) in [6.45, 7) is 6.24. The number of hydrogen-bond donors (Lipinski definition) is 4. The first kappa shape index (κ1) is 21.6. The van der Waals surface area contributed by atoms with Crippen molar-refractivity contribution in [2.45, 2.75) is 39.8 Å². The fourth-order valence-corrected chi connectivity index (χ4v) is 3.51. The van der Waals surface area contributed by atoms with Crippen LogP contribution in [0.25, 0.3) is 0 Å². The van der Waals surface area contributed by atoms with Crippen LogP contribution in [0.2, 0.25) is 0 Å². The van der Waals surface area contributed by atoms with Crippen LogP contribution < -0.4 is 10.6 Å². The smallest absolute Gasteiger partial charge is 0.327 e. The lowest BCUT2D eigenvalue weighted by Crippen LogP contribution is -2.47. The van der Waals surface area contributed by atoms with Crippen molar-refractivity contribution in [3.8, 4) is 0 Å². The van der Waals surface area contributed by atoms with E-state index in [0.717, 1.165) is 21.6 Å². The second-order valence-electron chi connectivity index (χ2n) is 5.77. The number of aliphatic carboxylic acids is 2. The first-order valence-corrected chi connectivity index (χ1v) is 9.22. The largest absolute Gasteiger partial charge is 0.480 e. The highest BCUT2D eigenvalue weighted by Gasteiger charge is 2.27. The van der Waals surface area contributed by atoms with Crippen molar-refractivity contribution in [1.29, 1.82) is 0 Å². The lowest BCUT2D eigenvalue weighted by molar-refractivity contribution is -0.142. The SMILES string of the molecule is CC(=O)N[C@@H](CSSC[C@H](NC(=O)C(C)(C)C)C(=O)O)C(=O)O. The number of rotatable bonds is 9. The molecule has 0 spiro atoms. The maximum atomic E-state index is 11.8. The molecule has 0 aromatic heterocycles. The lowest BCUT2D eigenvalue weighted by Gasteiger charge is -2.21. The van der Waals surface area contributed by atoms with Crippen LogP contribution in [0.4, 0.5) is 0 Å². The summed E-state index contributed by atoms with van der Waals surface area (Å²) in [6, 6.07) is -2.11. The van der Waals surface area contributed by atoms with Crippen LogP contribution in [-0.2, 0) is 19.2 Å². The molecule has 2 atom stereocenters. The number of nitrogens with one attached hydrogen (secondary N) is 2. The fraction of sp³-hybridized carbons (Fsp3) is 0.692. The Morgan fingerprint density at radius 1 is 0.913 bits per heavy atom. The number of carboxylic acids is 2. The molecular formula is C13H22N2O6S2. The number of carbonyl (C=O) groups is 4. The molecule has 0 aliphatic heterocycles. The van der Waals surface area contributed by atoms with Crippen LogP contribution >= 0.6 is 21.6 Å². The Labute approximate surface area is 142 Å². The van der Waals surface area contributed by atoms with Gasteiger partial charge in [-0.1, -0.05) is 42.4 Å². The minimum Gasteiger partial charge on any atom is -0.480 e. The molecule has 2 amide bonds. The van der Waals surface area contributed by atoms with Gasteiger partial charge in [0.15, 0.2) is 0 Å². The summed E-state index contributed by atoms with van der Waals surface area (Å²) in [5, 5.41) is 22.8. The van der Waals surface area contributed by atoms with E-state index in [-0.39, 0.29) is 17.4 Å². The lowest BCUT2D eigenvalue weighted by atomic mass is 9.95. The Kier molecular flexibility index (Phi) is 9.06. The molecule has 0 heterocycles. The highest BCUT2D eigenvalue weighted by atomic mass is 33.1. The molecule has 0 saturated carbocycles. The molecule has 0 aliphatic carbocycles. The molecule has 23 heavy (non-hydrogen) atoms. The van der Waals surface area contributed by atoms with Crippen molar-refractivity contribution < 1.29 is 29.4 Å². The number of hydrogen-bond acceptors (Lipinski definition) is 6. The van der Waals surface area contributed by atoms with Gasteiger partial charge in [0.05, 0.1) is 0 Å². The molecular weight excluding hydrogens is 344 g/mol. The van der Waals surface area contributed by atoms with Crippen molar-refractivity contribution in [3.63, 3.8) is 0 Å². The molecule has 0 saturated heterocycles. The zero-order valence-electron chi connectivity index (χ0n) is 13.4. The van der Waals surface area contributed by atoms with Crippen molar-refractivity contribution in [1.82, 2.24) is 10.6 Å². The quantitative estimate of drug-likeness (QED) is 0.344. The Hall–Kier alpha value is -1.42. The molecule has 8 nitrogen and oxygen atoms in total. The summed E-state index contributed by atoms with van der Waals surface area (Å²) in [6.07, 6.45) is 0. The van der Waals surface area contributed by atoms with E-state index in [1.807, 2.05) is 0 Å². The first-order valence-electron chi connectivity index (χ1n) is 6.73. The van der Waals surface area contributed by atoms with E-state index in [9.17, 15) is 19.2 Å². The normalized spacial score (nSPS) is 13.7. The van der Waals surface area contributed by atoms with Crippen LogP contribution in [-0.4, -0.2) is 57.6 Å². The van der Waals surface area contributed by atoms with E-state index in [1.54, 1.807) is 20.8 Å². The fourth-order valence-electron chi connectivity index (χ4n) is 1.20. The molecule has 0 unspecified atom stereocenters. The molecule has 0 rings (SSSR count). The second-order valence-corrected chi connectivity index (χ2v) is 8.33. The predicted octanol–water partition coefficient (Wildman–Crippen LogP) is 0.573. The second kappa shape index (κ2) is 9.66. The van der Waals surface area contributed by atoms with Gasteiger partial charge in [0.1, 0.15) is 12.1 Å². The molecule has 0 aromatic carbocycles. The monoisotopic (exact) mass is 366 g/mol. The van der Waals surface area contributed by atoms with Crippen LogP contribution in [0.15, 0.2) is 0 Å². The molecule has 132 valence electrons. The Balaban J connectivity index is 4.38. The Bertz CT molecular complexity index is 464. The van der Waals surface area contributed by atoms with Gasteiger partial charge in [-0.25, -0.2) is 9.59 Å². The third-order valence-corrected chi connectivity index (χ3v) is 4.93. The van der Waals surface area contributed by atoms with E-state index in [1.165, 1.54) is 6.92 Å². The Morgan fingerprint density at radius 2 is 1.30 bits per heavy atom. The Morgan fingerprint density at radius 3 is 1.61 bits per heavy atom. The van der Waals surface area contributed by atoms with E-state index in [2.05, 4.69) is 10.6 Å². The number of carbonyl (C=O) groups excluding carboxylic acids is 2. The maximum Gasteiger partial charge on any atom is 0.327 e. The van der Waals surface area contributed by atoms with Crippen LogP contribution in [0.3, 0.4) is 0 Å². The van der Waals surface area contributed by atoms with Gasteiger partial charge < -0.3 is 20.8 Å². The van der Waals surface area contributed by atoms with E-state index < -0.39 is 35.3 Å². The standard InChI is InChI=1S/C13H22N2O6S2/c1-7(16)14-8(10(17)18)5-22-23-6-9(11(19)20)15-12(21)13(2,3)4/h8-9H,5-6H2,1-4H3,(H,14,16)(H,15,21)(H,17,18)(H,19,20)/t8-,9-/m0/s1. The zero-order valence-corrected chi connectivity index (χ0v) is 15.0. The number of amides is 2. The average Bonchev–Trinajstić information content (AvgIpc) is 2.38. The summed E-state index contributed by atoms with van der Waals surface area (Å²) >= 11 is 0. The van der Waals surface area contributed by atoms with Crippen LogP contribution in [0, 0.1) is 5.41 Å². The van der Waals surface area contributed by atoms with Crippen molar-refractivity contribution in [3.05, 3.63) is 0 Å². The van der Waals surface area contributed by atoms with Gasteiger partial charge in [-0.2, -0.15) is 0 Å². The summed E-state index contributed by atoms with van der Waals surface area (Å²) in [5.74, 6) is -3.00. The molecule has 0 aliphatic rings. The van der Waals surface area contributed by atoms with Gasteiger partial charge in [0.25, 0.3) is 0 Å². The van der Waals surface area contributed by atoms with Crippen LogP contribution in [0.5, 0.6) is 0 Å². The van der Waals surface area contributed by atoms with E-state index in [4.69, 9.17) is 10.2 Å². The number of carboxylic acid groups (broad SMARTS) is 2. The van der Waals surface area contributed by atoms with Crippen molar-refractivity contribution in [2.75, 3.05) is 11.5 Å².